The van der Waals surface area contributed by atoms with Gasteiger partial charge in [-0.3, -0.25) is 19.6 Å². The van der Waals surface area contributed by atoms with Gasteiger partial charge in [0, 0.05) is 25.9 Å². The lowest BCUT2D eigenvalue weighted by atomic mass is 10.1. The fourth-order valence-electron chi connectivity index (χ4n) is 3.10. The van der Waals surface area contributed by atoms with E-state index >= 15 is 0 Å². The summed E-state index contributed by atoms with van der Waals surface area (Å²) in [5.74, 6) is -1.38. The van der Waals surface area contributed by atoms with Gasteiger partial charge in [0.15, 0.2) is 5.65 Å². The predicted octanol–water partition coefficient (Wildman–Crippen LogP) is -0.0855. The van der Waals surface area contributed by atoms with Crippen LogP contribution < -0.4 is 5.32 Å². The predicted molar refractivity (Wildman–Crippen MR) is 94.1 cm³/mol. The summed E-state index contributed by atoms with van der Waals surface area (Å²) in [5.41, 5.74) is 2.41. The summed E-state index contributed by atoms with van der Waals surface area (Å²) in [4.78, 5) is 42.3. The number of piperidine rings is 1. The average molecular weight is 374 g/mol. The summed E-state index contributed by atoms with van der Waals surface area (Å²) in [7, 11) is 1.50. The highest BCUT2D eigenvalue weighted by atomic mass is 16.5. The SMILES string of the molecule is Cc1cc2ncc(C(=O)N(C)CC(=O)NC3CCCN(O)C3=O)c(C)n2n1. The second kappa shape index (κ2) is 7.31. The van der Waals surface area contributed by atoms with Gasteiger partial charge in [-0.05, 0) is 26.7 Å². The maximum absolute atomic E-state index is 12.7. The molecule has 2 aromatic heterocycles. The minimum atomic E-state index is -0.772. The molecule has 144 valence electrons. The zero-order valence-corrected chi connectivity index (χ0v) is 15.5. The number of aryl methyl sites for hydroxylation is 2. The number of rotatable bonds is 4. The van der Waals surface area contributed by atoms with E-state index in [1.165, 1.54) is 18.1 Å². The molecular formula is C17H22N6O4. The highest BCUT2D eigenvalue weighted by Crippen LogP contribution is 2.13. The Kier molecular flexibility index (Phi) is 5.08. The molecule has 2 aromatic rings. The van der Waals surface area contributed by atoms with E-state index in [4.69, 9.17) is 0 Å². The molecule has 0 radical (unpaired) electrons. The lowest BCUT2D eigenvalue weighted by molar-refractivity contribution is -0.173. The number of aromatic nitrogens is 3. The molecule has 0 saturated carbocycles. The van der Waals surface area contributed by atoms with Gasteiger partial charge in [-0.25, -0.2) is 14.6 Å². The maximum Gasteiger partial charge on any atom is 0.268 e. The van der Waals surface area contributed by atoms with Gasteiger partial charge >= 0.3 is 0 Å². The van der Waals surface area contributed by atoms with E-state index in [0.717, 1.165) is 5.69 Å². The average Bonchev–Trinajstić information content (AvgIpc) is 3.00. The van der Waals surface area contributed by atoms with Crippen LogP contribution in [0.3, 0.4) is 0 Å². The van der Waals surface area contributed by atoms with Crippen LogP contribution in [0.2, 0.25) is 0 Å². The Morgan fingerprint density at radius 2 is 2.15 bits per heavy atom. The van der Waals surface area contributed by atoms with Crippen LogP contribution >= 0.6 is 0 Å². The summed E-state index contributed by atoms with van der Waals surface area (Å²) in [6.07, 6.45) is 2.52. The summed E-state index contributed by atoms with van der Waals surface area (Å²) in [5, 5.41) is 16.9. The van der Waals surface area contributed by atoms with Gasteiger partial charge in [-0.15, -0.1) is 0 Å². The number of amides is 3. The highest BCUT2D eigenvalue weighted by Gasteiger charge is 2.29. The van der Waals surface area contributed by atoms with Crippen molar-refractivity contribution >= 4 is 23.4 Å². The largest absolute Gasteiger partial charge is 0.343 e. The first-order valence-corrected chi connectivity index (χ1v) is 8.65. The molecule has 1 atom stereocenters. The highest BCUT2D eigenvalue weighted by molar-refractivity contribution is 5.97. The second-order valence-electron chi connectivity index (χ2n) is 6.70. The van der Waals surface area contributed by atoms with Gasteiger partial charge in [0.05, 0.1) is 23.5 Å². The number of fused-ring (bicyclic) bond motifs is 1. The lowest BCUT2D eigenvalue weighted by Gasteiger charge is -2.28. The minimum Gasteiger partial charge on any atom is -0.343 e. The number of hydroxylamine groups is 2. The molecule has 1 saturated heterocycles. The minimum absolute atomic E-state index is 0.219. The number of likely N-dealkylation sites (N-methyl/N-ethyl adjacent to an activating group) is 1. The van der Waals surface area contributed by atoms with Gasteiger partial charge in [-0.2, -0.15) is 5.10 Å². The topological polar surface area (TPSA) is 120 Å². The number of carbonyl (C=O) groups is 3. The van der Waals surface area contributed by atoms with E-state index in [9.17, 15) is 19.6 Å². The third-order valence-corrected chi connectivity index (χ3v) is 4.55. The van der Waals surface area contributed by atoms with Crippen LogP contribution in [0.5, 0.6) is 0 Å². The molecule has 0 spiro atoms. The van der Waals surface area contributed by atoms with E-state index in [1.807, 2.05) is 13.0 Å². The van der Waals surface area contributed by atoms with Crippen molar-refractivity contribution in [2.45, 2.75) is 32.7 Å². The third-order valence-electron chi connectivity index (χ3n) is 4.55. The lowest BCUT2D eigenvalue weighted by Crippen LogP contribution is -2.53. The molecule has 1 aliphatic heterocycles. The van der Waals surface area contributed by atoms with Crippen LogP contribution in [0.15, 0.2) is 12.3 Å². The van der Waals surface area contributed by atoms with Crippen LogP contribution in [0.4, 0.5) is 0 Å². The molecule has 27 heavy (non-hydrogen) atoms. The van der Waals surface area contributed by atoms with Crippen molar-refractivity contribution in [3.05, 3.63) is 29.2 Å². The van der Waals surface area contributed by atoms with Crippen molar-refractivity contribution in [2.75, 3.05) is 20.1 Å². The van der Waals surface area contributed by atoms with Gasteiger partial charge in [0.1, 0.15) is 6.04 Å². The second-order valence-corrected chi connectivity index (χ2v) is 6.70. The van der Waals surface area contributed by atoms with E-state index in [1.54, 1.807) is 11.4 Å². The normalized spacial score (nSPS) is 17.3. The van der Waals surface area contributed by atoms with Crippen LogP contribution in [-0.2, 0) is 9.59 Å². The third kappa shape index (κ3) is 3.75. The summed E-state index contributed by atoms with van der Waals surface area (Å²) in [6.45, 7) is 3.64. The molecule has 10 heteroatoms. The summed E-state index contributed by atoms with van der Waals surface area (Å²) >= 11 is 0. The molecule has 3 rings (SSSR count). The van der Waals surface area contributed by atoms with Crippen LogP contribution in [0, 0.1) is 13.8 Å². The van der Waals surface area contributed by atoms with E-state index < -0.39 is 17.9 Å². The quantitative estimate of drug-likeness (QED) is 0.722. The molecule has 10 nitrogen and oxygen atoms in total. The number of nitrogens with zero attached hydrogens (tertiary/aromatic N) is 5. The Hall–Kier alpha value is -3.01. The first-order valence-electron chi connectivity index (χ1n) is 8.65. The smallest absolute Gasteiger partial charge is 0.268 e. The van der Waals surface area contributed by atoms with Crippen molar-refractivity contribution in [1.29, 1.82) is 0 Å². The van der Waals surface area contributed by atoms with Crippen LogP contribution in [-0.4, -0.2) is 73.7 Å². The molecule has 0 aliphatic carbocycles. The fraction of sp³-hybridized carbons (Fsp3) is 0.471. The molecule has 3 amide bonds. The number of nitrogens with one attached hydrogen (secondary N) is 1. The number of carbonyl (C=O) groups excluding carboxylic acids is 3. The van der Waals surface area contributed by atoms with E-state index in [0.29, 0.717) is 34.8 Å². The van der Waals surface area contributed by atoms with E-state index in [2.05, 4.69) is 15.4 Å². The molecule has 0 aromatic carbocycles. The maximum atomic E-state index is 12.7. The number of hydrogen-bond acceptors (Lipinski definition) is 6. The first kappa shape index (κ1) is 18.8. The van der Waals surface area contributed by atoms with Gasteiger partial charge < -0.3 is 10.2 Å². The molecule has 2 N–H and O–H groups in total. The Labute approximate surface area is 155 Å². The van der Waals surface area contributed by atoms with Crippen LogP contribution in [0.25, 0.3) is 5.65 Å². The van der Waals surface area contributed by atoms with Crippen molar-refractivity contribution in [3.63, 3.8) is 0 Å². The summed E-state index contributed by atoms with van der Waals surface area (Å²) < 4.78 is 1.59. The van der Waals surface area contributed by atoms with Crippen molar-refractivity contribution in [1.82, 2.24) is 29.9 Å². The van der Waals surface area contributed by atoms with Crippen molar-refractivity contribution in [2.24, 2.45) is 0 Å². The fourth-order valence-corrected chi connectivity index (χ4v) is 3.10. The molecule has 3 heterocycles. The van der Waals surface area contributed by atoms with Gasteiger partial charge in [0.2, 0.25) is 5.91 Å². The van der Waals surface area contributed by atoms with Gasteiger partial charge in [0.25, 0.3) is 11.8 Å². The Morgan fingerprint density at radius 3 is 2.89 bits per heavy atom. The standard InChI is InChI=1S/C17H22N6O4/c1-10-7-14-18-8-12(11(2)23(14)20-10)16(25)21(3)9-15(24)19-13-5-4-6-22(27)17(13)26/h7-8,13,27H,4-6,9H2,1-3H3,(H,19,24). The summed E-state index contributed by atoms with van der Waals surface area (Å²) in [6, 6.07) is 1.04. The van der Waals surface area contributed by atoms with Gasteiger partial charge in [-0.1, -0.05) is 0 Å². The zero-order valence-electron chi connectivity index (χ0n) is 15.5. The van der Waals surface area contributed by atoms with E-state index in [-0.39, 0.29) is 19.0 Å². The van der Waals surface area contributed by atoms with Crippen molar-refractivity contribution < 1.29 is 19.6 Å². The molecular weight excluding hydrogens is 352 g/mol. The Bertz CT molecular complexity index is 908. The Balaban J connectivity index is 1.68. The molecule has 1 unspecified atom stereocenters. The van der Waals surface area contributed by atoms with Crippen LogP contribution in [0.1, 0.15) is 34.6 Å². The molecule has 0 bridgehead atoms. The molecule has 1 aliphatic rings. The Morgan fingerprint density at radius 1 is 1.41 bits per heavy atom. The first-order chi connectivity index (χ1) is 12.8. The molecule has 1 fully saturated rings. The van der Waals surface area contributed by atoms with Crippen molar-refractivity contribution in [3.8, 4) is 0 Å². The monoisotopic (exact) mass is 374 g/mol. The number of hydrogen-bond donors (Lipinski definition) is 2. The zero-order chi connectivity index (χ0) is 19.7.